The van der Waals surface area contributed by atoms with Crippen molar-refractivity contribution in [3.63, 3.8) is 0 Å². The van der Waals surface area contributed by atoms with Gasteiger partial charge in [0.25, 0.3) is 0 Å². The number of alkyl halides is 3. The SMILES string of the molecule is O=C(CCC(F)(F)F)Nc1cccc(-n2cnc3cc(-c4cccc(C(=O)O)c4)ccc32)c1. The van der Waals surface area contributed by atoms with E-state index >= 15 is 0 Å². The van der Waals surface area contributed by atoms with Crippen LogP contribution in [0.1, 0.15) is 23.2 Å². The third kappa shape index (κ3) is 5.20. The molecule has 0 fully saturated rings. The van der Waals surface area contributed by atoms with Crippen molar-refractivity contribution >= 4 is 28.6 Å². The number of halogens is 3. The quantitative estimate of drug-likeness (QED) is 0.394. The Balaban J connectivity index is 1.58. The van der Waals surface area contributed by atoms with Crippen molar-refractivity contribution in [2.75, 3.05) is 5.32 Å². The standard InChI is InChI=1S/C24H18F3N3O3/c25-24(26,27)10-9-22(31)29-18-5-2-6-19(13-18)30-14-28-20-12-16(7-8-21(20)30)15-3-1-4-17(11-15)23(32)33/h1-8,11-14H,9-10H2,(H,29,31)(H,32,33). The van der Waals surface area contributed by atoms with Crippen LogP contribution in [-0.4, -0.2) is 32.7 Å². The van der Waals surface area contributed by atoms with Gasteiger partial charge in [0.15, 0.2) is 0 Å². The largest absolute Gasteiger partial charge is 0.478 e. The van der Waals surface area contributed by atoms with Crippen LogP contribution in [-0.2, 0) is 4.79 Å². The molecule has 0 atom stereocenters. The molecular weight excluding hydrogens is 435 g/mol. The summed E-state index contributed by atoms with van der Waals surface area (Å²) in [6.45, 7) is 0. The van der Waals surface area contributed by atoms with Gasteiger partial charge in [0, 0.05) is 17.8 Å². The zero-order valence-corrected chi connectivity index (χ0v) is 17.1. The van der Waals surface area contributed by atoms with Crippen LogP contribution in [0.25, 0.3) is 27.8 Å². The summed E-state index contributed by atoms with van der Waals surface area (Å²) in [6, 6.07) is 18.9. The molecule has 1 heterocycles. The van der Waals surface area contributed by atoms with Crippen LogP contribution < -0.4 is 5.32 Å². The number of nitrogens with zero attached hydrogens (tertiary/aromatic N) is 2. The van der Waals surface area contributed by atoms with Crippen molar-refractivity contribution in [1.29, 1.82) is 0 Å². The summed E-state index contributed by atoms with van der Waals surface area (Å²) in [7, 11) is 0. The first-order valence-electron chi connectivity index (χ1n) is 9.97. The van der Waals surface area contributed by atoms with Gasteiger partial charge in [-0.15, -0.1) is 0 Å². The van der Waals surface area contributed by atoms with Crippen LogP contribution in [0.3, 0.4) is 0 Å². The van der Waals surface area contributed by atoms with E-state index in [-0.39, 0.29) is 5.56 Å². The van der Waals surface area contributed by atoms with Crippen molar-refractivity contribution in [1.82, 2.24) is 9.55 Å². The van der Waals surface area contributed by atoms with Gasteiger partial charge in [-0.2, -0.15) is 13.2 Å². The molecule has 0 aliphatic rings. The van der Waals surface area contributed by atoms with Crippen LogP contribution in [0.5, 0.6) is 0 Å². The molecule has 0 saturated heterocycles. The number of aromatic nitrogens is 2. The number of imidazole rings is 1. The number of carbonyl (C=O) groups is 2. The number of nitrogens with one attached hydrogen (secondary N) is 1. The Hall–Kier alpha value is -4.14. The number of anilines is 1. The zero-order chi connectivity index (χ0) is 23.6. The zero-order valence-electron chi connectivity index (χ0n) is 17.1. The topological polar surface area (TPSA) is 84.2 Å². The van der Waals surface area contributed by atoms with E-state index in [1.165, 1.54) is 6.07 Å². The van der Waals surface area contributed by atoms with Crippen LogP contribution in [0.15, 0.2) is 73.1 Å². The van der Waals surface area contributed by atoms with Crippen molar-refractivity contribution in [3.8, 4) is 16.8 Å². The number of carboxylic acids is 1. The number of carboxylic acid groups (broad SMARTS) is 1. The summed E-state index contributed by atoms with van der Waals surface area (Å²) >= 11 is 0. The molecule has 168 valence electrons. The van der Waals surface area contributed by atoms with Gasteiger partial charge in [0.2, 0.25) is 5.91 Å². The highest BCUT2D eigenvalue weighted by molar-refractivity contribution is 5.92. The Morgan fingerprint density at radius 2 is 1.73 bits per heavy atom. The average Bonchev–Trinajstić information content (AvgIpc) is 3.21. The molecule has 3 aromatic carbocycles. The summed E-state index contributed by atoms with van der Waals surface area (Å²) in [5.41, 5.74) is 4.24. The van der Waals surface area contributed by atoms with E-state index in [0.29, 0.717) is 16.9 Å². The minimum Gasteiger partial charge on any atom is -0.478 e. The highest BCUT2D eigenvalue weighted by Crippen LogP contribution is 2.27. The van der Waals surface area contributed by atoms with Crippen LogP contribution >= 0.6 is 0 Å². The number of amides is 1. The number of rotatable bonds is 6. The number of fused-ring (bicyclic) bond motifs is 1. The van der Waals surface area contributed by atoms with E-state index < -0.39 is 30.9 Å². The molecule has 0 saturated carbocycles. The van der Waals surface area contributed by atoms with Gasteiger partial charge in [-0.05, 0) is 53.6 Å². The minimum atomic E-state index is -4.39. The first-order chi connectivity index (χ1) is 15.7. The molecular formula is C24H18F3N3O3. The number of hydrogen-bond acceptors (Lipinski definition) is 3. The van der Waals surface area contributed by atoms with E-state index in [1.54, 1.807) is 47.3 Å². The fourth-order valence-corrected chi connectivity index (χ4v) is 3.44. The van der Waals surface area contributed by atoms with Gasteiger partial charge in [-0.25, -0.2) is 9.78 Å². The lowest BCUT2D eigenvalue weighted by Gasteiger charge is -2.10. The summed E-state index contributed by atoms with van der Waals surface area (Å²) in [5.74, 6) is -1.72. The Morgan fingerprint density at radius 3 is 2.48 bits per heavy atom. The summed E-state index contributed by atoms with van der Waals surface area (Å²) in [5, 5.41) is 11.7. The van der Waals surface area contributed by atoms with Gasteiger partial charge in [0.1, 0.15) is 6.33 Å². The van der Waals surface area contributed by atoms with Crippen molar-refractivity contribution in [2.24, 2.45) is 0 Å². The van der Waals surface area contributed by atoms with E-state index in [1.807, 2.05) is 24.3 Å². The van der Waals surface area contributed by atoms with E-state index in [9.17, 15) is 27.9 Å². The first kappa shape index (κ1) is 22.1. The van der Waals surface area contributed by atoms with E-state index in [2.05, 4.69) is 10.3 Å². The summed E-state index contributed by atoms with van der Waals surface area (Å²) in [6.07, 6.45) is -4.61. The minimum absolute atomic E-state index is 0.187. The third-order valence-corrected chi connectivity index (χ3v) is 5.03. The molecule has 0 bridgehead atoms. The molecule has 4 rings (SSSR count). The maximum atomic E-state index is 12.3. The van der Waals surface area contributed by atoms with Crippen molar-refractivity contribution in [3.05, 3.63) is 78.6 Å². The van der Waals surface area contributed by atoms with Gasteiger partial charge < -0.3 is 10.4 Å². The van der Waals surface area contributed by atoms with Gasteiger partial charge >= 0.3 is 12.1 Å². The molecule has 0 unspecified atom stereocenters. The monoisotopic (exact) mass is 453 g/mol. The lowest BCUT2D eigenvalue weighted by atomic mass is 10.0. The van der Waals surface area contributed by atoms with Crippen molar-refractivity contribution < 1.29 is 27.9 Å². The number of benzene rings is 3. The highest BCUT2D eigenvalue weighted by atomic mass is 19.4. The molecule has 6 nitrogen and oxygen atoms in total. The second kappa shape index (κ2) is 8.78. The fourth-order valence-electron chi connectivity index (χ4n) is 3.44. The Labute approximate surface area is 186 Å². The molecule has 4 aromatic rings. The predicted molar refractivity (Wildman–Crippen MR) is 117 cm³/mol. The van der Waals surface area contributed by atoms with Crippen LogP contribution in [0, 0.1) is 0 Å². The van der Waals surface area contributed by atoms with E-state index in [0.717, 1.165) is 16.6 Å². The van der Waals surface area contributed by atoms with Crippen LogP contribution in [0.2, 0.25) is 0 Å². The second-order valence-electron chi connectivity index (χ2n) is 7.42. The van der Waals surface area contributed by atoms with Gasteiger partial charge in [-0.1, -0.05) is 24.3 Å². The number of aromatic carboxylic acids is 1. The molecule has 0 radical (unpaired) electrons. The van der Waals surface area contributed by atoms with Gasteiger partial charge in [0.05, 0.1) is 23.0 Å². The highest BCUT2D eigenvalue weighted by Gasteiger charge is 2.27. The molecule has 0 spiro atoms. The Bertz CT molecular complexity index is 1350. The third-order valence-electron chi connectivity index (χ3n) is 5.03. The fraction of sp³-hybridized carbons (Fsp3) is 0.125. The Morgan fingerprint density at radius 1 is 0.970 bits per heavy atom. The predicted octanol–water partition coefficient (Wildman–Crippen LogP) is 5.67. The number of carbonyl (C=O) groups excluding carboxylic acids is 1. The van der Waals surface area contributed by atoms with Gasteiger partial charge in [-0.3, -0.25) is 9.36 Å². The normalized spacial score (nSPS) is 11.5. The van der Waals surface area contributed by atoms with E-state index in [4.69, 9.17) is 0 Å². The lowest BCUT2D eigenvalue weighted by molar-refractivity contribution is -0.142. The maximum Gasteiger partial charge on any atom is 0.389 e. The molecule has 0 aliphatic heterocycles. The number of hydrogen-bond donors (Lipinski definition) is 2. The average molecular weight is 453 g/mol. The molecule has 0 aliphatic carbocycles. The smallest absolute Gasteiger partial charge is 0.389 e. The summed E-state index contributed by atoms with van der Waals surface area (Å²) < 4.78 is 38.8. The lowest BCUT2D eigenvalue weighted by Crippen LogP contribution is -2.16. The first-order valence-corrected chi connectivity index (χ1v) is 9.97. The maximum absolute atomic E-state index is 12.3. The summed E-state index contributed by atoms with van der Waals surface area (Å²) in [4.78, 5) is 27.5. The molecule has 33 heavy (non-hydrogen) atoms. The molecule has 2 N–H and O–H groups in total. The molecule has 9 heteroatoms. The second-order valence-corrected chi connectivity index (χ2v) is 7.42. The van der Waals surface area contributed by atoms with Crippen molar-refractivity contribution in [2.45, 2.75) is 19.0 Å². The molecule has 1 amide bonds. The Kier molecular flexibility index (Phi) is 5.87. The molecule has 1 aromatic heterocycles. The van der Waals surface area contributed by atoms with Crippen LogP contribution in [0.4, 0.5) is 18.9 Å².